The Morgan fingerprint density at radius 2 is 1.75 bits per heavy atom. The van der Waals surface area contributed by atoms with Crippen LogP contribution in [0.5, 0.6) is 5.75 Å². The zero-order valence-corrected chi connectivity index (χ0v) is 12.2. The van der Waals surface area contributed by atoms with Crippen LogP contribution in [0.1, 0.15) is 10.4 Å². The third-order valence-electron chi connectivity index (χ3n) is 3.02. The van der Waals surface area contributed by atoms with Crippen molar-refractivity contribution in [3.05, 3.63) is 58.1 Å². The molecule has 0 saturated carbocycles. The first-order valence-electron chi connectivity index (χ1n) is 6.45. The van der Waals surface area contributed by atoms with E-state index in [1.165, 1.54) is 30.3 Å². The molecule has 0 aliphatic rings. The first-order chi connectivity index (χ1) is 11.2. The number of benzene rings is 2. The lowest BCUT2D eigenvalue weighted by molar-refractivity contribution is -0.384. The van der Waals surface area contributed by atoms with Crippen molar-refractivity contribution in [2.24, 2.45) is 0 Å². The van der Waals surface area contributed by atoms with Crippen molar-refractivity contribution >= 4 is 11.7 Å². The highest BCUT2D eigenvalue weighted by Crippen LogP contribution is 2.35. The van der Waals surface area contributed by atoms with Gasteiger partial charge in [-0.15, -0.1) is 13.2 Å². The van der Waals surface area contributed by atoms with Gasteiger partial charge in [0.1, 0.15) is 5.75 Å². The summed E-state index contributed by atoms with van der Waals surface area (Å²) in [5, 5.41) is 11.2. The fraction of sp³-hybridized carbons (Fsp3) is 0.133. The number of hydrogen-bond acceptors (Lipinski definition) is 5. The Labute approximate surface area is 133 Å². The number of nitro benzene ring substituents is 1. The molecule has 9 heteroatoms. The van der Waals surface area contributed by atoms with Crippen LogP contribution in [0, 0.1) is 10.1 Å². The summed E-state index contributed by atoms with van der Waals surface area (Å²) in [7, 11) is 1.12. The Kier molecular flexibility index (Phi) is 4.72. The Morgan fingerprint density at radius 1 is 1.12 bits per heavy atom. The van der Waals surface area contributed by atoms with Crippen LogP contribution in [0.4, 0.5) is 18.9 Å². The van der Waals surface area contributed by atoms with Gasteiger partial charge in [-0.3, -0.25) is 10.1 Å². The van der Waals surface area contributed by atoms with Crippen LogP contribution in [-0.2, 0) is 4.74 Å². The average molecular weight is 341 g/mol. The van der Waals surface area contributed by atoms with E-state index in [-0.39, 0.29) is 22.4 Å². The van der Waals surface area contributed by atoms with E-state index in [0.717, 1.165) is 19.2 Å². The summed E-state index contributed by atoms with van der Waals surface area (Å²) in [6.45, 7) is 0. The van der Waals surface area contributed by atoms with E-state index in [0.29, 0.717) is 0 Å². The van der Waals surface area contributed by atoms with Gasteiger partial charge in [0.15, 0.2) is 0 Å². The second kappa shape index (κ2) is 6.57. The maximum atomic E-state index is 12.2. The van der Waals surface area contributed by atoms with E-state index >= 15 is 0 Å². The normalized spacial score (nSPS) is 11.0. The quantitative estimate of drug-likeness (QED) is 0.478. The molecule has 0 fully saturated rings. The molecule has 2 rings (SSSR count). The van der Waals surface area contributed by atoms with Gasteiger partial charge in [0, 0.05) is 6.07 Å². The molecule has 24 heavy (non-hydrogen) atoms. The van der Waals surface area contributed by atoms with Crippen molar-refractivity contribution in [2.45, 2.75) is 6.36 Å². The van der Waals surface area contributed by atoms with Gasteiger partial charge in [0.2, 0.25) is 0 Å². The fourth-order valence-electron chi connectivity index (χ4n) is 2.10. The molecular formula is C15H10F3NO5. The molecule has 0 radical (unpaired) electrons. The molecule has 0 saturated heterocycles. The van der Waals surface area contributed by atoms with Gasteiger partial charge in [0.25, 0.3) is 5.69 Å². The van der Waals surface area contributed by atoms with Gasteiger partial charge >= 0.3 is 12.3 Å². The summed E-state index contributed by atoms with van der Waals surface area (Å²) in [5.74, 6) is -1.28. The molecule has 0 heterocycles. The summed E-state index contributed by atoms with van der Waals surface area (Å²) in [4.78, 5) is 22.3. The highest BCUT2D eigenvalue weighted by molar-refractivity contribution is 6.00. The molecule has 6 nitrogen and oxygen atoms in total. The van der Waals surface area contributed by atoms with Gasteiger partial charge in [0.05, 0.1) is 23.2 Å². The van der Waals surface area contributed by atoms with Gasteiger partial charge in [-0.05, 0) is 23.8 Å². The summed E-state index contributed by atoms with van der Waals surface area (Å²) in [6.07, 6.45) is -4.85. The van der Waals surface area contributed by atoms with Crippen molar-refractivity contribution < 1.29 is 32.4 Å². The van der Waals surface area contributed by atoms with Crippen molar-refractivity contribution in [1.29, 1.82) is 0 Å². The van der Waals surface area contributed by atoms with Crippen LogP contribution in [0.25, 0.3) is 11.1 Å². The van der Waals surface area contributed by atoms with Gasteiger partial charge in [-0.2, -0.15) is 0 Å². The molecule has 2 aromatic carbocycles. The number of nitro groups is 1. The lowest BCUT2D eigenvalue weighted by Crippen LogP contribution is -2.17. The van der Waals surface area contributed by atoms with Crippen molar-refractivity contribution in [2.75, 3.05) is 7.11 Å². The van der Waals surface area contributed by atoms with E-state index in [2.05, 4.69) is 9.47 Å². The second-order valence-corrected chi connectivity index (χ2v) is 4.52. The largest absolute Gasteiger partial charge is 0.573 e. The molecule has 2 aromatic rings. The fourth-order valence-corrected chi connectivity index (χ4v) is 2.10. The second-order valence-electron chi connectivity index (χ2n) is 4.52. The number of carbonyl (C=O) groups is 1. The summed E-state index contributed by atoms with van der Waals surface area (Å²) < 4.78 is 44.9. The number of nitrogens with zero attached hydrogens (tertiary/aromatic N) is 1. The van der Waals surface area contributed by atoms with Crippen LogP contribution in [0.3, 0.4) is 0 Å². The first-order valence-corrected chi connectivity index (χ1v) is 6.45. The third-order valence-corrected chi connectivity index (χ3v) is 3.02. The predicted octanol–water partition coefficient (Wildman–Crippen LogP) is 3.95. The molecule has 0 spiro atoms. The lowest BCUT2D eigenvalue weighted by atomic mass is 9.97. The topological polar surface area (TPSA) is 78.7 Å². The molecular weight excluding hydrogens is 331 g/mol. The minimum absolute atomic E-state index is 0.0482. The number of rotatable bonds is 4. The molecule has 0 atom stereocenters. The molecule has 0 bridgehead atoms. The highest BCUT2D eigenvalue weighted by Gasteiger charge is 2.31. The SMILES string of the molecule is COC(=O)c1cccc([N+](=O)[O-])c1-c1ccc(OC(F)(F)F)cc1. The summed E-state index contributed by atoms with van der Waals surface area (Å²) in [5.41, 5.74) is -0.316. The molecule has 0 aromatic heterocycles. The molecule has 0 aliphatic carbocycles. The maximum absolute atomic E-state index is 12.2. The van der Waals surface area contributed by atoms with Crippen LogP contribution in [-0.4, -0.2) is 24.4 Å². The Morgan fingerprint density at radius 3 is 2.25 bits per heavy atom. The zero-order valence-electron chi connectivity index (χ0n) is 12.2. The molecule has 0 aliphatic heterocycles. The van der Waals surface area contributed by atoms with Gasteiger partial charge in [-0.25, -0.2) is 4.79 Å². The summed E-state index contributed by atoms with van der Waals surface area (Å²) in [6, 6.07) is 8.21. The molecule has 0 unspecified atom stereocenters. The number of carbonyl (C=O) groups excluding carboxylic acids is 1. The van der Waals surface area contributed by atoms with Gasteiger partial charge in [-0.1, -0.05) is 18.2 Å². The minimum atomic E-state index is -4.85. The Hall–Kier alpha value is -3.10. The van der Waals surface area contributed by atoms with E-state index in [1.807, 2.05) is 0 Å². The van der Waals surface area contributed by atoms with Crippen LogP contribution in [0.2, 0.25) is 0 Å². The number of alkyl halides is 3. The molecule has 0 amide bonds. The van der Waals surface area contributed by atoms with Crippen molar-refractivity contribution in [3.8, 4) is 16.9 Å². The van der Waals surface area contributed by atoms with Crippen LogP contribution < -0.4 is 4.74 Å². The number of hydrogen-bond donors (Lipinski definition) is 0. The smallest absolute Gasteiger partial charge is 0.465 e. The minimum Gasteiger partial charge on any atom is -0.465 e. The van der Waals surface area contributed by atoms with Crippen molar-refractivity contribution in [1.82, 2.24) is 0 Å². The number of methoxy groups -OCH3 is 1. The van der Waals surface area contributed by atoms with Crippen LogP contribution in [0.15, 0.2) is 42.5 Å². The number of halogens is 3. The monoisotopic (exact) mass is 341 g/mol. The Bertz CT molecular complexity index is 772. The van der Waals surface area contributed by atoms with E-state index in [1.54, 1.807) is 0 Å². The van der Waals surface area contributed by atoms with E-state index in [9.17, 15) is 28.1 Å². The maximum Gasteiger partial charge on any atom is 0.573 e. The van der Waals surface area contributed by atoms with E-state index in [4.69, 9.17) is 0 Å². The lowest BCUT2D eigenvalue weighted by Gasteiger charge is -2.11. The third kappa shape index (κ3) is 3.80. The molecule has 126 valence electrons. The van der Waals surface area contributed by atoms with Crippen molar-refractivity contribution in [3.63, 3.8) is 0 Å². The number of ether oxygens (including phenoxy) is 2. The average Bonchev–Trinajstić information content (AvgIpc) is 2.52. The van der Waals surface area contributed by atoms with Gasteiger partial charge < -0.3 is 9.47 Å². The first kappa shape index (κ1) is 17.3. The summed E-state index contributed by atoms with van der Waals surface area (Å²) >= 11 is 0. The highest BCUT2D eigenvalue weighted by atomic mass is 19.4. The molecule has 0 N–H and O–H groups in total. The Balaban J connectivity index is 2.54. The zero-order chi connectivity index (χ0) is 17.9. The van der Waals surface area contributed by atoms with E-state index < -0.39 is 23.0 Å². The predicted molar refractivity (Wildman–Crippen MR) is 76.6 cm³/mol. The number of esters is 1. The van der Waals surface area contributed by atoms with Crippen LogP contribution >= 0.6 is 0 Å². The standard InChI is InChI=1S/C15H10F3NO5/c1-23-14(20)11-3-2-4-12(19(21)22)13(11)9-5-7-10(8-6-9)24-15(16,17)18/h2-8H,1H3.